The van der Waals surface area contributed by atoms with Gasteiger partial charge in [0.25, 0.3) is 0 Å². The van der Waals surface area contributed by atoms with Crippen LogP contribution in [0.5, 0.6) is 0 Å². The van der Waals surface area contributed by atoms with Gasteiger partial charge in [-0.2, -0.15) is 0 Å². The lowest BCUT2D eigenvalue weighted by molar-refractivity contribution is 0.178. The summed E-state index contributed by atoms with van der Waals surface area (Å²) >= 11 is 0. The standard InChI is InChI=1S/C24H37N5O/c1-18-6-8-20(9-7-18)17-29-12-10-19(11-13-29)14-27-23(25-5)28-16-22-26-15-21(30-22)24(2,3)4/h6-9,15,19H,10-14,16-17H2,1-5H3,(H2,25,27,28). The minimum atomic E-state index is -0.0283. The Balaban J connectivity index is 1.37. The van der Waals surface area contributed by atoms with E-state index in [1.807, 2.05) is 6.20 Å². The van der Waals surface area contributed by atoms with Crippen molar-refractivity contribution in [3.8, 4) is 0 Å². The minimum Gasteiger partial charge on any atom is -0.443 e. The molecule has 0 unspecified atom stereocenters. The van der Waals surface area contributed by atoms with Gasteiger partial charge < -0.3 is 15.1 Å². The first kappa shape index (κ1) is 22.3. The molecule has 1 fully saturated rings. The molecule has 1 aliphatic rings. The van der Waals surface area contributed by atoms with Crippen molar-refractivity contribution in [3.63, 3.8) is 0 Å². The van der Waals surface area contributed by atoms with Gasteiger partial charge in [-0.3, -0.25) is 9.89 Å². The first-order valence-electron chi connectivity index (χ1n) is 11.0. The summed E-state index contributed by atoms with van der Waals surface area (Å²) < 4.78 is 5.84. The third-order valence-corrected chi connectivity index (χ3v) is 5.72. The molecule has 1 saturated heterocycles. The van der Waals surface area contributed by atoms with E-state index < -0.39 is 0 Å². The van der Waals surface area contributed by atoms with Crippen molar-refractivity contribution in [2.24, 2.45) is 10.9 Å². The van der Waals surface area contributed by atoms with Crippen LogP contribution in [0.4, 0.5) is 0 Å². The smallest absolute Gasteiger partial charge is 0.213 e. The van der Waals surface area contributed by atoms with Crippen LogP contribution >= 0.6 is 0 Å². The second-order valence-electron chi connectivity index (χ2n) is 9.38. The third-order valence-electron chi connectivity index (χ3n) is 5.72. The van der Waals surface area contributed by atoms with Gasteiger partial charge in [-0.15, -0.1) is 0 Å². The molecule has 6 nitrogen and oxygen atoms in total. The maximum absolute atomic E-state index is 5.84. The van der Waals surface area contributed by atoms with E-state index >= 15 is 0 Å². The maximum Gasteiger partial charge on any atom is 0.213 e. The second-order valence-corrected chi connectivity index (χ2v) is 9.38. The molecule has 2 heterocycles. The summed E-state index contributed by atoms with van der Waals surface area (Å²) in [6, 6.07) is 8.90. The number of aryl methyl sites for hydroxylation is 1. The topological polar surface area (TPSA) is 65.7 Å². The maximum atomic E-state index is 5.84. The van der Waals surface area contributed by atoms with Gasteiger partial charge in [-0.25, -0.2) is 4.98 Å². The molecule has 1 aromatic carbocycles. The Kier molecular flexibility index (Phi) is 7.53. The SMILES string of the molecule is CN=C(NCc1ncc(C(C)(C)C)o1)NCC1CCN(Cc2ccc(C)cc2)CC1. The van der Waals surface area contributed by atoms with Crippen molar-refractivity contribution in [1.82, 2.24) is 20.5 Å². The Morgan fingerprint density at radius 1 is 1.17 bits per heavy atom. The van der Waals surface area contributed by atoms with Gasteiger partial charge in [-0.05, 0) is 44.3 Å². The van der Waals surface area contributed by atoms with Crippen molar-refractivity contribution in [3.05, 3.63) is 53.2 Å². The number of likely N-dealkylation sites (tertiary alicyclic amines) is 1. The van der Waals surface area contributed by atoms with E-state index in [1.54, 1.807) is 7.05 Å². The lowest BCUT2D eigenvalue weighted by Gasteiger charge is -2.32. The molecule has 3 rings (SSSR count). The molecular formula is C24H37N5O. The Morgan fingerprint density at radius 2 is 1.87 bits per heavy atom. The van der Waals surface area contributed by atoms with E-state index in [1.165, 1.54) is 24.0 Å². The number of hydrogen-bond donors (Lipinski definition) is 2. The zero-order valence-electron chi connectivity index (χ0n) is 19.2. The lowest BCUT2D eigenvalue weighted by Crippen LogP contribution is -2.42. The predicted molar refractivity (Wildman–Crippen MR) is 123 cm³/mol. The van der Waals surface area contributed by atoms with Gasteiger partial charge in [0.2, 0.25) is 5.89 Å². The number of oxazole rings is 1. The number of aromatic nitrogens is 1. The summed E-state index contributed by atoms with van der Waals surface area (Å²) in [5.41, 5.74) is 2.70. The molecule has 0 aliphatic carbocycles. The molecule has 0 radical (unpaired) electrons. The first-order chi connectivity index (χ1) is 14.3. The molecule has 0 saturated carbocycles. The number of aliphatic imine (C=N–C) groups is 1. The molecular weight excluding hydrogens is 374 g/mol. The number of piperidine rings is 1. The third kappa shape index (κ3) is 6.59. The largest absolute Gasteiger partial charge is 0.443 e. The van der Waals surface area contributed by atoms with E-state index in [0.29, 0.717) is 18.4 Å². The average molecular weight is 412 g/mol. The molecule has 0 atom stereocenters. The summed E-state index contributed by atoms with van der Waals surface area (Å²) in [5.74, 6) is 3.06. The van der Waals surface area contributed by atoms with Crippen LogP contribution in [0.15, 0.2) is 39.9 Å². The van der Waals surface area contributed by atoms with E-state index in [2.05, 4.69) is 77.5 Å². The van der Waals surface area contributed by atoms with Crippen LogP contribution in [0.1, 0.15) is 56.4 Å². The summed E-state index contributed by atoms with van der Waals surface area (Å²) in [5, 5.41) is 6.78. The zero-order chi connectivity index (χ0) is 21.6. The molecule has 2 N–H and O–H groups in total. The fourth-order valence-electron chi connectivity index (χ4n) is 3.66. The highest BCUT2D eigenvalue weighted by molar-refractivity contribution is 5.79. The number of hydrogen-bond acceptors (Lipinski definition) is 4. The van der Waals surface area contributed by atoms with E-state index in [4.69, 9.17) is 4.42 Å². The van der Waals surface area contributed by atoms with Crippen LogP contribution in [0.2, 0.25) is 0 Å². The highest BCUT2D eigenvalue weighted by Crippen LogP contribution is 2.22. The normalized spacial score (nSPS) is 16.6. The molecule has 30 heavy (non-hydrogen) atoms. The fourth-order valence-corrected chi connectivity index (χ4v) is 3.66. The molecule has 0 spiro atoms. The number of guanidine groups is 1. The zero-order valence-corrected chi connectivity index (χ0v) is 19.2. The fraction of sp³-hybridized carbons (Fsp3) is 0.583. The van der Waals surface area contributed by atoms with Crippen LogP contribution in [-0.4, -0.2) is 42.5 Å². The van der Waals surface area contributed by atoms with Crippen molar-refractivity contribution in [1.29, 1.82) is 0 Å². The summed E-state index contributed by atoms with van der Waals surface area (Å²) in [7, 11) is 1.80. The summed E-state index contributed by atoms with van der Waals surface area (Å²) in [4.78, 5) is 11.3. The highest BCUT2D eigenvalue weighted by Gasteiger charge is 2.20. The van der Waals surface area contributed by atoms with Gasteiger partial charge in [0, 0.05) is 25.6 Å². The molecule has 1 aromatic heterocycles. The van der Waals surface area contributed by atoms with Gasteiger partial charge >= 0.3 is 0 Å². The molecule has 164 valence electrons. The van der Waals surface area contributed by atoms with E-state index in [-0.39, 0.29) is 5.41 Å². The first-order valence-corrected chi connectivity index (χ1v) is 11.0. The summed E-state index contributed by atoms with van der Waals surface area (Å²) in [6.07, 6.45) is 4.24. The Hall–Kier alpha value is -2.34. The lowest BCUT2D eigenvalue weighted by atomic mass is 9.94. The molecule has 0 bridgehead atoms. The number of benzene rings is 1. The van der Waals surface area contributed by atoms with Crippen molar-refractivity contribution < 1.29 is 4.42 Å². The van der Waals surface area contributed by atoms with E-state index in [0.717, 1.165) is 37.9 Å². The van der Waals surface area contributed by atoms with Crippen LogP contribution in [0.25, 0.3) is 0 Å². The van der Waals surface area contributed by atoms with Gasteiger partial charge in [0.15, 0.2) is 5.96 Å². The van der Waals surface area contributed by atoms with Crippen molar-refractivity contribution in [2.75, 3.05) is 26.7 Å². The van der Waals surface area contributed by atoms with Crippen LogP contribution < -0.4 is 10.6 Å². The van der Waals surface area contributed by atoms with E-state index in [9.17, 15) is 0 Å². The van der Waals surface area contributed by atoms with Gasteiger partial charge in [-0.1, -0.05) is 50.6 Å². The van der Waals surface area contributed by atoms with Gasteiger partial charge in [0.1, 0.15) is 5.76 Å². The molecule has 2 aromatic rings. The van der Waals surface area contributed by atoms with Gasteiger partial charge in [0.05, 0.1) is 12.7 Å². The molecule has 0 amide bonds. The minimum absolute atomic E-state index is 0.0283. The van der Waals surface area contributed by atoms with Crippen molar-refractivity contribution in [2.45, 2.75) is 59.0 Å². The quantitative estimate of drug-likeness (QED) is 0.558. The van der Waals surface area contributed by atoms with Crippen LogP contribution in [-0.2, 0) is 18.5 Å². The number of rotatable bonds is 6. The Bertz CT molecular complexity index is 811. The van der Waals surface area contributed by atoms with Crippen molar-refractivity contribution >= 4 is 5.96 Å². The molecule has 1 aliphatic heterocycles. The average Bonchev–Trinajstić information content (AvgIpc) is 3.21. The second kappa shape index (κ2) is 10.1. The number of nitrogens with one attached hydrogen (secondary N) is 2. The molecule has 6 heteroatoms. The van der Waals surface area contributed by atoms with Crippen LogP contribution in [0.3, 0.4) is 0 Å². The highest BCUT2D eigenvalue weighted by atomic mass is 16.4. The number of nitrogens with zero attached hydrogens (tertiary/aromatic N) is 3. The Labute approximate surface area is 181 Å². The van der Waals surface area contributed by atoms with Crippen LogP contribution in [0, 0.1) is 12.8 Å². The Morgan fingerprint density at radius 3 is 2.47 bits per heavy atom. The summed E-state index contributed by atoms with van der Waals surface area (Å²) in [6.45, 7) is 13.3. The monoisotopic (exact) mass is 411 g/mol. The predicted octanol–water partition coefficient (Wildman–Crippen LogP) is 3.86.